The van der Waals surface area contributed by atoms with Crippen LogP contribution in [0, 0.1) is 13.9 Å². The number of rotatable bonds is 4. The zero-order valence-electron chi connectivity index (χ0n) is 14.2. The number of carbonyl (C=O) groups excluding carboxylic acids is 1. The van der Waals surface area contributed by atoms with E-state index in [4.69, 9.17) is 12.2 Å². The fraction of sp³-hybridized carbons (Fsp3) is 0.412. The Labute approximate surface area is 158 Å². The molecular formula is C17H18N2O3S3. The van der Waals surface area contributed by atoms with E-state index in [1.54, 1.807) is 27.4 Å². The van der Waals surface area contributed by atoms with Gasteiger partial charge in [-0.25, -0.2) is 0 Å². The largest absolute Gasteiger partial charge is 0.301 e. The topological polar surface area (TPSA) is 63.5 Å². The molecule has 2 aromatic rings. The van der Waals surface area contributed by atoms with Crippen LogP contribution in [-0.4, -0.2) is 10.8 Å². The van der Waals surface area contributed by atoms with Crippen molar-refractivity contribution in [2.75, 3.05) is 4.90 Å². The summed E-state index contributed by atoms with van der Waals surface area (Å²) in [4.78, 5) is 26.5. The van der Waals surface area contributed by atoms with Crippen LogP contribution >= 0.6 is 32.9 Å². The maximum Gasteiger partial charge on any atom is 0.270 e. The van der Waals surface area contributed by atoms with Gasteiger partial charge in [-0.15, -0.1) is 0 Å². The highest BCUT2D eigenvalue weighted by Crippen LogP contribution is 2.52. The molecule has 0 atom stereocenters. The second-order valence-corrected chi connectivity index (χ2v) is 9.33. The van der Waals surface area contributed by atoms with Crippen molar-refractivity contribution < 1.29 is 9.72 Å². The van der Waals surface area contributed by atoms with Crippen LogP contribution in [0.2, 0.25) is 0 Å². The summed E-state index contributed by atoms with van der Waals surface area (Å²) in [6.45, 7) is 6.07. The molecule has 1 aromatic heterocycles. The van der Waals surface area contributed by atoms with Crippen molar-refractivity contribution in [3.05, 3.63) is 37.0 Å². The quantitative estimate of drug-likeness (QED) is 0.281. The second kappa shape index (κ2) is 6.59. The van der Waals surface area contributed by atoms with Gasteiger partial charge in [0, 0.05) is 29.7 Å². The predicted molar refractivity (Wildman–Crippen MR) is 105 cm³/mol. The molecule has 1 aromatic carbocycles. The van der Waals surface area contributed by atoms with Crippen LogP contribution in [0.5, 0.6) is 0 Å². The highest BCUT2D eigenvalue weighted by Gasteiger charge is 2.43. The van der Waals surface area contributed by atoms with Crippen LogP contribution in [0.1, 0.15) is 44.9 Å². The number of hydrogen-bond acceptors (Lipinski definition) is 6. The van der Waals surface area contributed by atoms with E-state index in [9.17, 15) is 14.9 Å². The van der Waals surface area contributed by atoms with Crippen molar-refractivity contribution in [3.63, 3.8) is 0 Å². The van der Waals surface area contributed by atoms with Crippen LogP contribution in [0.4, 0.5) is 11.4 Å². The lowest BCUT2D eigenvalue weighted by Gasteiger charge is -2.43. The average molecular weight is 395 g/mol. The monoisotopic (exact) mass is 394 g/mol. The highest BCUT2D eigenvalue weighted by atomic mass is 32.9. The first-order chi connectivity index (χ1) is 11.8. The molecule has 3 rings (SSSR count). The lowest BCUT2D eigenvalue weighted by Crippen LogP contribution is -2.47. The molecule has 8 heteroatoms. The van der Waals surface area contributed by atoms with Crippen molar-refractivity contribution in [3.8, 4) is 11.1 Å². The number of nitro benzene ring substituents is 1. The van der Waals surface area contributed by atoms with Crippen molar-refractivity contribution in [1.29, 1.82) is 0 Å². The van der Waals surface area contributed by atoms with Gasteiger partial charge in [0.25, 0.3) is 5.69 Å². The fourth-order valence-corrected chi connectivity index (χ4v) is 6.50. The SMILES string of the molecule is CCCCC(=O)N1c2ccc([N+](=O)[O-])cc2-c2c(ssc2=S)C1(C)C. The molecule has 1 amide bonds. The third-order valence-electron chi connectivity index (χ3n) is 4.44. The minimum Gasteiger partial charge on any atom is -0.301 e. The third kappa shape index (κ3) is 2.92. The molecule has 1 aliphatic heterocycles. The zero-order valence-corrected chi connectivity index (χ0v) is 16.6. The molecule has 0 saturated carbocycles. The molecule has 25 heavy (non-hydrogen) atoms. The molecule has 5 nitrogen and oxygen atoms in total. The van der Waals surface area contributed by atoms with Crippen LogP contribution in [0.25, 0.3) is 11.1 Å². The van der Waals surface area contributed by atoms with Crippen LogP contribution in [0.15, 0.2) is 18.2 Å². The lowest BCUT2D eigenvalue weighted by atomic mass is 9.87. The van der Waals surface area contributed by atoms with Crippen molar-refractivity contribution in [2.24, 2.45) is 0 Å². The summed E-state index contributed by atoms with van der Waals surface area (Å²) in [6.07, 6.45) is 2.22. The first-order valence-corrected chi connectivity index (χ1v) is 10.6. The van der Waals surface area contributed by atoms with Gasteiger partial charge in [0.2, 0.25) is 5.91 Å². The third-order valence-corrected chi connectivity index (χ3v) is 7.77. The maximum atomic E-state index is 12.9. The minimum atomic E-state index is -0.526. The zero-order chi connectivity index (χ0) is 18.4. The molecule has 0 fully saturated rings. The van der Waals surface area contributed by atoms with Gasteiger partial charge in [0.05, 0.1) is 21.0 Å². The molecule has 0 radical (unpaired) electrons. The first-order valence-electron chi connectivity index (χ1n) is 8.04. The van der Waals surface area contributed by atoms with Gasteiger partial charge in [0.15, 0.2) is 0 Å². The molecule has 0 spiro atoms. The van der Waals surface area contributed by atoms with E-state index in [1.807, 2.05) is 13.8 Å². The van der Waals surface area contributed by atoms with Gasteiger partial charge >= 0.3 is 0 Å². The first kappa shape index (κ1) is 18.2. The molecule has 0 saturated heterocycles. The Balaban J connectivity index is 2.25. The second-order valence-electron chi connectivity index (χ2n) is 6.51. The number of fused-ring (bicyclic) bond motifs is 3. The van der Waals surface area contributed by atoms with E-state index in [1.165, 1.54) is 16.4 Å². The van der Waals surface area contributed by atoms with Gasteiger partial charge in [-0.05, 0) is 26.3 Å². The molecule has 2 heterocycles. The summed E-state index contributed by atoms with van der Waals surface area (Å²) >= 11 is 5.49. The number of unbranched alkanes of at least 4 members (excludes halogenated alkanes) is 1. The van der Waals surface area contributed by atoms with E-state index in [2.05, 4.69) is 6.92 Å². The Morgan fingerprint density at radius 3 is 2.72 bits per heavy atom. The molecular weight excluding hydrogens is 376 g/mol. The van der Waals surface area contributed by atoms with E-state index in [-0.39, 0.29) is 11.6 Å². The minimum absolute atomic E-state index is 0.0102. The van der Waals surface area contributed by atoms with Crippen molar-refractivity contribution in [2.45, 2.75) is 45.6 Å². The van der Waals surface area contributed by atoms with Gasteiger partial charge in [-0.1, -0.05) is 46.2 Å². The maximum absolute atomic E-state index is 12.9. The van der Waals surface area contributed by atoms with E-state index < -0.39 is 10.5 Å². The number of benzene rings is 1. The molecule has 1 aliphatic rings. The fourth-order valence-electron chi connectivity index (χ4n) is 3.22. The summed E-state index contributed by atoms with van der Waals surface area (Å²) in [6, 6.07) is 4.68. The van der Waals surface area contributed by atoms with Crippen LogP contribution in [0.3, 0.4) is 0 Å². The number of anilines is 1. The van der Waals surface area contributed by atoms with Gasteiger partial charge < -0.3 is 4.90 Å². The summed E-state index contributed by atoms with van der Waals surface area (Å²) < 4.78 is 0.718. The molecule has 0 bridgehead atoms. The molecule has 0 N–H and O–H groups in total. The van der Waals surface area contributed by atoms with Crippen molar-refractivity contribution in [1.82, 2.24) is 0 Å². The standard InChI is InChI=1S/C17H18N2O3S3/c1-4-5-6-13(20)18-12-8-7-10(19(21)22)9-11(12)14-15(17(18,2)3)24-25-16(14)23/h7-9H,4-6H2,1-3H3. The van der Waals surface area contributed by atoms with Gasteiger partial charge in [0.1, 0.15) is 3.82 Å². The summed E-state index contributed by atoms with van der Waals surface area (Å²) in [5.41, 5.74) is 1.75. The summed E-state index contributed by atoms with van der Waals surface area (Å²) in [5, 5.41) is 11.2. The molecule has 0 aliphatic carbocycles. The molecule has 0 unspecified atom stereocenters. The normalized spacial score (nSPS) is 14.8. The number of nitrogens with zero attached hydrogens (tertiary/aromatic N) is 2. The Bertz CT molecular complexity index is 914. The summed E-state index contributed by atoms with van der Waals surface area (Å²) in [5.74, 6) is 0.0388. The average Bonchev–Trinajstić information content (AvgIpc) is 2.95. The van der Waals surface area contributed by atoms with E-state index in [0.29, 0.717) is 17.7 Å². The number of carbonyl (C=O) groups is 1. The lowest BCUT2D eigenvalue weighted by molar-refractivity contribution is -0.384. The molecule has 132 valence electrons. The van der Waals surface area contributed by atoms with Crippen molar-refractivity contribution >= 4 is 50.2 Å². The number of hydrogen-bond donors (Lipinski definition) is 0. The number of amides is 1. The van der Waals surface area contributed by atoms with Crippen LogP contribution < -0.4 is 4.90 Å². The number of non-ortho nitro benzene ring substituents is 1. The van der Waals surface area contributed by atoms with E-state index >= 15 is 0 Å². The Morgan fingerprint density at radius 2 is 2.08 bits per heavy atom. The van der Waals surface area contributed by atoms with Gasteiger partial charge in [-0.3, -0.25) is 14.9 Å². The Kier molecular flexibility index (Phi) is 4.78. The smallest absolute Gasteiger partial charge is 0.270 e. The van der Waals surface area contributed by atoms with Crippen LogP contribution in [-0.2, 0) is 10.3 Å². The predicted octanol–water partition coefficient (Wildman–Crippen LogP) is 5.89. The van der Waals surface area contributed by atoms with E-state index in [0.717, 1.165) is 27.1 Å². The van der Waals surface area contributed by atoms with Gasteiger partial charge in [-0.2, -0.15) is 0 Å². The Morgan fingerprint density at radius 1 is 1.36 bits per heavy atom. The highest BCUT2D eigenvalue weighted by molar-refractivity contribution is 7.80. The summed E-state index contributed by atoms with van der Waals surface area (Å²) in [7, 11) is 3.04. The Hall–Kier alpha value is -1.64. The number of nitro groups is 1.